The molecule has 0 amide bonds. The number of pyridine rings is 1. The van der Waals surface area contributed by atoms with Crippen molar-refractivity contribution < 1.29 is 9.47 Å². The Kier molecular flexibility index (Phi) is 4.53. The van der Waals surface area contributed by atoms with Gasteiger partial charge in [0, 0.05) is 44.9 Å². The van der Waals surface area contributed by atoms with Crippen molar-refractivity contribution in [2.45, 2.75) is 43.9 Å². The molecule has 1 atom stereocenters. The number of rotatable bonds is 3. The first-order chi connectivity index (χ1) is 11.8. The van der Waals surface area contributed by atoms with Crippen LogP contribution in [0, 0.1) is 0 Å². The van der Waals surface area contributed by atoms with E-state index in [1.54, 1.807) is 0 Å². The minimum Gasteiger partial charge on any atom is -0.378 e. The molecule has 2 aromatic rings. The van der Waals surface area contributed by atoms with Crippen LogP contribution in [0.2, 0.25) is 0 Å². The Bertz CT molecular complexity index is 690. The van der Waals surface area contributed by atoms with Crippen molar-refractivity contribution in [1.29, 1.82) is 0 Å². The highest BCUT2D eigenvalue weighted by atomic mass is 16.5. The van der Waals surface area contributed by atoms with Gasteiger partial charge in [0.1, 0.15) is 0 Å². The van der Waals surface area contributed by atoms with Crippen LogP contribution in [0.25, 0.3) is 10.9 Å². The minimum atomic E-state index is -0.0518. The second-order valence-electron chi connectivity index (χ2n) is 7.04. The second kappa shape index (κ2) is 6.79. The zero-order valence-electron chi connectivity index (χ0n) is 14.4. The van der Waals surface area contributed by atoms with Gasteiger partial charge in [-0.05, 0) is 43.4 Å². The van der Waals surface area contributed by atoms with Gasteiger partial charge in [0.2, 0.25) is 0 Å². The van der Waals surface area contributed by atoms with Gasteiger partial charge >= 0.3 is 0 Å². The Balaban J connectivity index is 1.46. The maximum Gasteiger partial charge on any atom is 0.0967 e. The first-order valence-corrected chi connectivity index (χ1v) is 9.02. The van der Waals surface area contributed by atoms with Crippen molar-refractivity contribution in [2.24, 2.45) is 0 Å². The number of methoxy groups -OCH3 is 1. The van der Waals surface area contributed by atoms with E-state index in [0.717, 1.165) is 57.4 Å². The first-order valence-electron chi connectivity index (χ1n) is 9.02. The van der Waals surface area contributed by atoms with E-state index < -0.39 is 0 Å². The van der Waals surface area contributed by atoms with Gasteiger partial charge < -0.3 is 9.47 Å². The lowest BCUT2D eigenvalue weighted by molar-refractivity contribution is -0.186. The number of fused-ring (bicyclic) bond motifs is 1. The molecule has 4 nitrogen and oxygen atoms in total. The van der Waals surface area contributed by atoms with Gasteiger partial charge in [-0.15, -0.1) is 0 Å². The van der Waals surface area contributed by atoms with Crippen molar-refractivity contribution in [3.8, 4) is 0 Å². The molecule has 24 heavy (non-hydrogen) atoms. The van der Waals surface area contributed by atoms with E-state index in [-0.39, 0.29) is 11.7 Å². The van der Waals surface area contributed by atoms with Crippen molar-refractivity contribution in [1.82, 2.24) is 9.88 Å². The zero-order chi connectivity index (χ0) is 16.4. The van der Waals surface area contributed by atoms with Gasteiger partial charge in [0.15, 0.2) is 0 Å². The summed E-state index contributed by atoms with van der Waals surface area (Å²) < 4.78 is 12.0. The van der Waals surface area contributed by atoms with Crippen LogP contribution in [0.5, 0.6) is 0 Å². The summed E-state index contributed by atoms with van der Waals surface area (Å²) in [7, 11) is 1.83. The first kappa shape index (κ1) is 16.0. The average molecular weight is 326 g/mol. The Morgan fingerprint density at radius 3 is 2.92 bits per heavy atom. The monoisotopic (exact) mass is 326 g/mol. The molecule has 1 aromatic heterocycles. The molecule has 4 heteroatoms. The quantitative estimate of drug-likeness (QED) is 0.866. The fourth-order valence-corrected chi connectivity index (χ4v) is 4.32. The van der Waals surface area contributed by atoms with Crippen LogP contribution in [0.15, 0.2) is 36.5 Å². The maximum atomic E-state index is 6.22. The molecule has 0 N–H and O–H groups in total. The van der Waals surface area contributed by atoms with Gasteiger partial charge in [-0.2, -0.15) is 0 Å². The molecular weight excluding hydrogens is 300 g/mol. The van der Waals surface area contributed by atoms with E-state index in [0.29, 0.717) is 0 Å². The summed E-state index contributed by atoms with van der Waals surface area (Å²) in [5, 5.41) is 1.27. The average Bonchev–Trinajstić information content (AvgIpc) is 2.64. The number of ether oxygens (including phenoxy) is 2. The molecule has 2 fully saturated rings. The number of likely N-dealkylation sites (tertiary alicyclic amines) is 1. The highest BCUT2D eigenvalue weighted by molar-refractivity contribution is 5.81. The zero-order valence-corrected chi connectivity index (χ0v) is 14.4. The lowest BCUT2D eigenvalue weighted by Crippen LogP contribution is -2.55. The molecule has 0 bridgehead atoms. The number of hydrogen-bond acceptors (Lipinski definition) is 4. The molecule has 1 spiro atoms. The summed E-state index contributed by atoms with van der Waals surface area (Å²) in [5.41, 5.74) is 2.40. The lowest BCUT2D eigenvalue weighted by atomic mass is 9.81. The predicted octanol–water partition coefficient (Wildman–Crippen LogP) is 3.39. The summed E-state index contributed by atoms with van der Waals surface area (Å²) >= 11 is 0. The molecule has 0 saturated carbocycles. The maximum absolute atomic E-state index is 6.22. The molecule has 4 rings (SSSR count). The third-order valence-corrected chi connectivity index (χ3v) is 5.71. The summed E-state index contributed by atoms with van der Waals surface area (Å²) in [4.78, 5) is 7.01. The predicted molar refractivity (Wildman–Crippen MR) is 95.0 cm³/mol. The molecule has 3 heterocycles. The smallest absolute Gasteiger partial charge is 0.0967 e. The fraction of sp³-hybridized carbons (Fsp3) is 0.550. The number of benzene rings is 1. The lowest BCUT2D eigenvalue weighted by Gasteiger charge is -2.48. The van der Waals surface area contributed by atoms with Gasteiger partial charge in [-0.25, -0.2) is 0 Å². The number of nitrogens with zero attached hydrogens (tertiary/aromatic N) is 2. The molecule has 2 saturated heterocycles. The Morgan fingerprint density at radius 2 is 2.08 bits per heavy atom. The third kappa shape index (κ3) is 2.94. The van der Waals surface area contributed by atoms with Gasteiger partial charge in [0.25, 0.3) is 0 Å². The number of aromatic nitrogens is 1. The molecular formula is C20H26N2O2. The van der Waals surface area contributed by atoms with E-state index in [1.165, 1.54) is 10.9 Å². The van der Waals surface area contributed by atoms with Crippen LogP contribution in [0.1, 0.15) is 31.2 Å². The van der Waals surface area contributed by atoms with Crippen molar-refractivity contribution in [3.63, 3.8) is 0 Å². The SMILES string of the molecule is COC1CCCOC12CCN(Cc1ccnc3ccccc13)CC2. The summed E-state index contributed by atoms with van der Waals surface area (Å²) in [6, 6.07) is 10.6. The van der Waals surface area contributed by atoms with Crippen LogP contribution in [0.3, 0.4) is 0 Å². The number of piperidine rings is 1. The van der Waals surface area contributed by atoms with E-state index >= 15 is 0 Å². The largest absolute Gasteiger partial charge is 0.378 e. The van der Waals surface area contributed by atoms with Gasteiger partial charge in [0.05, 0.1) is 17.2 Å². The molecule has 128 valence electrons. The van der Waals surface area contributed by atoms with Crippen LogP contribution in [0.4, 0.5) is 0 Å². The van der Waals surface area contributed by atoms with Crippen LogP contribution < -0.4 is 0 Å². The highest BCUT2D eigenvalue weighted by Gasteiger charge is 2.44. The van der Waals surface area contributed by atoms with Gasteiger partial charge in [-0.3, -0.25) is 9.88 Å². The standard InChI is InChI=1S/C20H26N2O2/c1-23-19-7-4-14-24-20(19)9-12-22(13-10-20)15-16-8-11-21-18-6-3-2-5-17(16)18/h2-3,5-6,8,11,19H,4,7,9-10,12-15H2,1H3. The van der Waals surface area contributed by atoms with Crippen LogP contribution >= 0.6 is 0 Å². The fourth-order valence-electron chi connectivity index (χ4n) is 4.32. The summed E-state index contributed by atoms with van der Waals surface area (Å²) in [6.45, 7) is 4.00. The van der Waals surface area contributed by atoms with E-state index in [1.807, 2.05) is 13.3 Å². The Morgan fingerprint density at radius 1 is 1.25 bits per heavy atom. The minimum absolute atomic E-state index is 0.0518. The Labute approximate surface area is 143 Å². The van der Waals surface area contributed by atoms with E-state index in [4.69, 9.17) is 9.47 Å². The number of para-hydroxylation sites is 1. The Hall–Kier alpha value is -1.49. The summed E-state index contributed by atoms with van der Waals surface area (Å²) in [5.74, 6) is 0. The molecule has 1 aromatic carbocycles. The molecule has 2 aliphatic heterocycles. The van der Waals surface area contributed by atoms with E-state index in [9.17, 15) is 0 Å². The van der Waals surface area contributed by atoms with Crippen molar-refractivity contribution in [2.75, 3.05) is 26.8 Å². The van der Waals surface area contributed by atoms with Crippen molar-refractivity contribution >= 4 is 10.9 Å². The second-order valence-corrected chi connectivity index (χ2v) is 7.04. The van der Waals surface area contributed by atoms with Crippen molar-refractivity contribution in [3.05, 3.63) is 42.1 Å². The third-order valence-electron chi connectivity index (χ3n) is 5.71. The van der Waals surface area contributed by atoms with Crippen LogP contribution in [-0.4, -0.2) is 48.4 Å². The topological polar surface area (TPSA) is 34.6 Å². The molecule has 1 unspecified atom stereocenters. The molecule has 2 aliphatic rings. The molecule has 0 radical (unpaired) electrons. The highest BCUT2D eigenvalue weighted by Crippen LogP contribution is 2.37. The van der Waals surface area contributed by atoms with E-state index in [2.05, 4.69) is 40.2 Å². The summed E-state index contributed by atoms with van der Waals surface area (Å²) in [6.07, 6.45) is 6.56. The van der Waals surface area contributed by atoms with Crippen LogP contribution in [-0.2, 0) is 16.0 Å². The van der Waals surface area contributed by atoms with Gasteiger partial charge in [-0.1, -0.05) is 18.2 Å². The molecule has 0 aliphatic carbocycles. The normalized spacial score (nSPS) is 24.5. The number of hydrogen-bond donors (Lipinski definition) is 0.